The number of benzene rings is 1. The fraction of sp³-hybridized carbons (Fsp3) is 0.471. The number of hydrogen-bond donors (Lipinski definition) is 1. The highest BCUT2D eigenvalue weighted by Gasteiger charge is 2.52. The minimum absolute atomic E-state index is 0.0679. The molecule has 1 N–H and O–H groups in total. The fourth-order valence-electron chi connectivity index (χ4n) is 3.42. The standard InChI is InChI=1S/C17H19N3O3S2/c1-3-23-10-4-5-11-13(8-10)25-16(18-11)19-15(22)12-9-24-17(2)7-6-14(21)20(12)17/h4-5,8,12H,3,6-7,9H2,1-2H3,(H,18,19,22)/t12-,17+/m1/s1. The fourth-order valence-corrected chi connectivity index (χ4v) is 5.75. The lowest BCUT2D eigenvalue weighted by molar-refractivity contribution is -0.135. The number of nitrogens with zero attached hydrogens (tertiary/aromatic N) is 2. The topological polar surface area (TPSA) is 71.5 Å². The largest absolute Gasteiger partial charge is 0.494 e. The second-order valence-corrected chi connectivity index (χ2v) is 8.87. The number of thioether (sulfide) groups is 1. The van der Waals surface area contributed by atoms with Crippen molar-refractivity contribution in [2.75, 3.05) is 17.7 Å². The van der Waals surface area contributed by atoms with E-state index in [0.717, 1.165) is 22.4 Å². The van der Waals surface area contributed by atoms with Crippen LogP contribution < -0.4 is 10.1 Å². The molecule has 0 radical (unpaired) electrons. The number of aromatic nitrogens is 1. The van der Waals surface area contributed by atoms with Crippen molar-refractivity contribution in [3.05, 3.63) is 18.2 Å². The molecule has 0 aliphatic carbocycles. The van der Waals surface area contributed by atoms with Gasteiger partial charge < -0.3 is 15.0 Å². The molecular weight excluding hydrogens is 358 g/mol. The van der Waals surface area contributed by atoms with Crippen molar-refractivity contribution in [1.29, 1.82) is 0 Å². The van der Waals surface area contributed by atoms with Crippen LogP contribution in [0.5, 0.6) is 5.75 Å². The Hall–Kier alpha value is -1.80. The first-order chi connectivity index (χ1) is 12.0. The molecule has 0 bridgehead atoms. The van der Waals surface area contributed by atoms with E-state index in [-0.39, 0.29) is 16.7 Å². The molecule has 2 fully saturated rings. The first-order valence-corrected chi connectivity index (χ1v) is 10.1. The van der Waals surface area contributed by atoms with Gasteiger partial charge in [-0.15, -0.1) is 11.8 Å². The van der Waals surface area contributed by atoms with Crippen LogP contribution in [-0.2, 0) is 9.59 Å². The number of thiazole rings is 1. The molecule has 2 atom stereocenters. The lowest BCUT2D eigenvalue weighted by Crippen LogP contribution is -2.48. The van der Waals surface area contributed by atoms with E-state index in [1.54, 1.807) is 16.7 Å². The Kier molecular flexibility index (Phi) is 4.11. The maximum atomic E-state index is 12.7. The van der Waals surface area contributed by atoms with E-state index in [1.165, 1.54) is 11.3 Å². The summed E-state index contributed by atoms with van der Waals surface area (Å²) in [5.41, 5.74) is 0.826. The van der Waals surface area contributed by atoms with Crippen molar-refractivity contribution < 1.29 is 14.3 Å². The molecule has 25 heavy (non-hydrogen) atoms. The van der Waals surface area contributed by atoms with E-state index >= 15 is 0 Å². The van der Waals surface area contributed by atoms with Crippen molar-refractivity contribution in [2.24, 2.45) is 0 Å². The molecule has 2 aromatic rings. The van der Waals surface area contributed by atoms with E-state index in [1.807, 2.05) is 32.0 Å². The van der Waals surface area contributed by atoms with Crippen LogP contribution >= 0.6 is 23.1 Å². The summed E-state index contributed by atoms with van der Waals surface area (Å²) in [5, 5.41) is 3.45. The molecular formula is C17H19N3O3S2. The molecule has 0 unspecified atom stereocenters. The first kappa shape index (κ1) is 16.7. The van der Waals surface area contributed by atoms with Gasteiger partial charge in [-0.2, -0.15) is 0 Å². The minimum atomic E-state index is -0.420. The van der Waals surface area contributed by atoms with Crippen LogP contribution in [0.25, 0.3) is 10.2 Å². The molecule has 2 aliphatic rings. The van der Waals surface area contributed by atoms with Crippen LogP contribution in [0, 0.1) is 0 Å². The summed E-state index contributed by atoms with van der Waals surface area (Å²) in [5.74, 6) is 1.34. The molecule has 0 saturated carbocycles. The Morgan fingerprint density at radius 2 is 2.36 bits per heavy atom. The lowest BCUT2D eigenvalue weighted by Gasteiger charge is -2.29. The van der Waals surface area contributed by atoms with Gasteiger partial charge in [0.1, 0.15) is 11.8 Å². The maximum absolute atomic E-state index is 12.7. The third-order valence-corrected chi connectivity index (χ3v) is 7.09. The summed E-state index contributed by atoms with van der Waals surface area (Å²) in [6.45, 7) is 4.59. The molecule has 132 valence electrons. The molecule has 0 spiro atoms. The van der Waals surface area contributed by atoms with Gasteiger partial charge in [0.15, 0.2) is 5.13 Å². The predicted octanol–water partition coefficient (Wildman–Crippen LogP) is 3.09. The van der Waals surface area contributed by atoms with E-state index < -0.39 is 6.04 Å². The van der Waals surface area contributed by atoms with Gasteiger partial charge in [0.25, 0.3) is 0 Å². The summed E-state index contributed by atoms with van der Waals surface area (Å²) in [7, 11) is 0. The number of rotatable bonds is 4. The van der Waals surface area contributed by atoms with Crippen LogP contribution in [0.2, 0.25) is 0 Å². The number of hydrogen-bond acceptors (Lipinski definition) is 6. The van der Waals surface area contributed by atoms with Crippen molar-refractivity contribution in [3.8, 4) is 5.75 Å². The highest BCUT2D eigenvalue weighted by molar-refractivity contribution is 8.01. The number of carbonyl (C=O) groups is 2. The van der Waals surface area contributed by atoms with E-state index in [9.17, 15) is 9.59 Å². The van der Waals surface area contributed by atoms with Gasteiger partial charge in [-0.3, -0.25) is 9.59 Å². The van der Waals surface area contributed by atoms with Crippen LogP contribution in [0.1, 0.15) is 26.7 Å². The zero-order valence-corrected chi connectivity index (χ0v) is 15.7. The Labute approximate surface area is 153 Å². The van der Waals surface area contributed by atoms with Gasteiger partial charge in [0.05, 0.1) is 21.7 Å². The monoisotopic (exact) mass is 377 g/mol. The number of amides is 2. The Morgan fingerprint density at radius 1 is 1.52 bits per heavy atom. The summed E-state index contributed by atoms with van der Waals surface area (Å²) in [6, 6.07) is 5.27. The van der Waals surface area contributed by atoms with Gasteiger partial charge >= 0.3 is 0 Å². The Bertz CT molecular complexity index is 853. The number of ether oxygens (including phenoxy) is 1. The summed E-state index contributed by atoms with van der Waals surface area (Å²) in [6.07, 6.45) is 1.33. The Morgan fingerprint density at radius 3 is 3.16 bits per heavy atom. The second kappa shape index (κ2) is 6.17. The maximum Gasteiger partial charge on any atom is 0.249 e. The highest BCUT2D eigenvalue weighted by atomic mass is 32.2. The van der Waals surface area contributed by atoms with Gasteiger partial charge in [-0.05, 0) is 38.5 Å². The van der Waals surface area contributed by atoms with Gasteiger partial charge in [-0.25, -0.2) is 4.98 Å². The quantitative estimate of drug-likeness (QED) is 0.887. The number of anilines is 1. The summed E-state index contributed by atoms with van der Waals surface area (Å²) < 4.78 is 6.46. The average Bonchev–Trinajstić information content (AvgIpc) is 3.21. The van der Waals surface area contributed by atoms with E-state index in [2.05, 4.69) is 10.3 Å². The molecule has 3 heterocycles. The third kappa shape index (κ3) is 2.87. The molecule has 1 aromatic carbocycles. The summed E-state index contributed by atoms with van der Waals surface area (Å²) >= 11 is 3.11. The van der Waals surface area contributed by atoms with Crippen molar-refractivity contribution >= 4 is 50.3 Å². The summed E-state index contributed by atoms with van der Waals surface area (Å²) in [4.78, 5) is 30.9. The first-order valence-electron chi connectivity index (χ1n) is 8.30. The number of nitrogens with one attached hydrogen (secondary N) is 1. The Balaban J connectivity index is 1.53. The number of carbonyl (C=O) groups excluding carboxylic acids is 2. The number of fused-ring (bicyclic) bond motifs is 2. The molecule has 4 rings (SSSR count). The van der Waals surface area contributed by atoms with Crippen LogP contribution in [-0.4, -0.2) is 45.0 Å². The van der Waals surface area contributed by atoms with Crippen LogP contribution in [0.4, 0.5) is 5.13 Å². The normalized spacial score (nSPS) is 25.4. The predicted molar refractivity (Wildman–Crippen MR) is 100 cm³/mol. The van der Waals surface area contributed by atoms with Gasteiger partial charge in [0.2, 0.25) is 11.8 Å². The zero-order valence-electron chi connectivity index (χ0n) is 14.1. The van der Waals surface area contributed by atoms with Gasteiger partial charge in [-0.1, -0.05) is 11.3 Å². The minimum Gasteiger partial charge on any atom is -0.494 e. The molecule has 2 amide bonds. The van der Waals surface area contributed by atoms with Crippen molar-refractivity contribution in [2.45, 2.75) is 37.6 Å². The molecule has 2 saturated heterocycles. The van der Waals surface area contributed by atoms with E-state index in [0.29, 0.717) is 23.9 Å². The second-order valence-electron chi connectivity index (χ2n) is 6.34. The molecule has 6 nitrogen and oxygen atoms in total. The zero-order chi connectivity index (χ0) is 17.6. The molecule has 1 aromatic heterocycles. The lowest BCUT2D eigenvalue weighted by atomic mass is 10.2. The molecule has 8 heteroatoms. The smallest absolute Gasteiger partial charge is 0.249 e. The van der Waals surface area contributed by atoms with Gasteiger partial charge in [0, 0.05) is 12.2 Å². The average molecular weight is 377 g/mol. The highest BCUT2D eigenvalue weighted by Crippen LogP contribution is 2.47. The molecule has 2 aliphatic heterocycles. The van der Waals surface area contributed by atoms with E-state index in [4.69, 9.17) is 4.74 Å². The van der Waals surface area contributed by atoms with Crippen molar-refractivity contribution in [3.63, 3.8) is 0 Å². The van der Waals surface area contributed by atoms with Crippen LogP contribution in [0.15, 0.2) is 18.2 Å². The SMILES string of the molecule is CCOc1ccc2nc(NC(=O)[C@H]3CS[C@@]4(C)CCC(=O)N34)sc2c1. The third-order valence-electron chi connectivity index (χ3n) is 4.65. The van der Waals surface area contributed by atoms with Crippen LogP contribution in [0.3, 0.4) is 0 Å². The van der Waals surface area contributed by atoms with Crippen molar-refractivity contribution in [1.82, 2.24) is 9.88 Å².